The lowest BCUT2D eigenvalue weighted by molar-refractivity contribution is 0.829. The van der Waals surface area contributed by atoms with Gasteiger partial charge >= 0.3 is 0 Å². The molecule has 0 saturated carbocycles. The molecule has 0 radical (unpaired) electrons. The van der Waals surface area contributed by atoms with Gasteiger partial charge in [-0.3, -0.25) is 4.99 Å². The molecule has 0 unspecified atom stereocenters. The van der Waals surface area contributed by atoms with Crippen molar-refractivity contribution >= 4 is 39.7 Å². The molecule has 0 N–H and O–H groups in total. The van der Waals surface area contributed by atoms with Crippen molar-refractivity contribution in [1.82, 2.24) is 4.68 Å². The quantitative estimate of drug-likeness (QED) is 0.628. The van der Waals surface area contributed by atoms with Crippen molar-refractivity contribution in [3.8, 4) is 10.6 Å². The fourth-order valence-electron chi connectivity index (χ4n) is 1.92. The van der Waals surface area contributed by atoms with Crippen LogP contribution < -0.4 is 4.80 Å². The van der Waals surface area contributed by atoms with Crippen molar-refractivity contribution in [3.05, 3.63) is 50.1 Å². The summed E-state index contributed by atoms with van der Waals surface area (Å²) in [6, 6.07) is 8.33. The lowest BCUT2D eigenvalue weighted by Crippen LogP contribution is -2.13. The Bertz CT molecular complexity index is 790. The standard InChI is InChI=1S/C15H15N3S3/c1-3-16-15-18(17-11(2)13-6-4-8-19-13)12(10-21-15)14-7-5-9-20-14/h4-10H,3H2,1-2H3. The van der Waals surface area contributed by atoms with Crippen LogP contribution in [0.5, 0.6) is 0 Å². The summed E-state index contributed by atoms with van der Waals surface area (Å²) in [7, 11) is 0. The minimum absolute atomic E-state index is 0.762. The molecular formula is C15H15N3S3. The second-order valence-corrected chi connectivity index (χ2v) is 7.06. The number of nitrogens with zero attached hydrogens (tertiary/aromatic N) is 3. The van der Waals surface area contributed by atoms with Gasteiger partial charge in [0.2, 0.25) is 4.80 Å². The minimum Gasteiger partial charge on any atom is -0.258 e. The topological polar surface area (TPSA) is 29.6 Å². The summed E-state index contributed by atoms with van der Waals surface area (Å²) in [6.07, 6.45) is 0. The van der Waals surface area contributed by atoms with Gasteiger partial charge in [-0.15, -0.1) is 34.0 Å². The summed E-state index contributed by atoms with van der Waals surface area (Å²) in [5.74, 6) is 0. The van der Waals surface area contributed by atoms with Crippen molar-refractivity contribution in [3.63, 3.8) is 0 Å². The average Bonchev–Trinajstić information content (AvgIpc) is 3.21. The molecule has 0 aliphatic rings. The van der Waals surface area contributed by atoms with Crippen LogP contribution in [0.15, 0.2) is 50.5 Å². The largest absolute Gasteiger partial charge is 0.258 e. The van der Waals surface area contributed by atoms with Crippen LogP contribution in [0.1, 0.15) is 18.7 Å². The van der Waals surface area contributed by atoms with Gasteiger partial charge in [-0.1, -0.05) is 12.1 Å². The summed E-state index contributed by atoms with van der Waals surface area (Å²) in [5, 5.41) is 11.1. The van der Waals surface area contributed by atoms with E-state index in [0.29, 0.717) is 0 Å². The van der Waals surface area contributed by atoms with E-state index in [9.17, 15) is 0 Å². The third-order valence-electron chi connectivity index (χ3n) is 2.88. The number of hydrogen-bond acceptors (Lipinski definition) is 5. The van der Waals surface area contributed by atoms with E-state index >= 15 is 0 Å². The Morgan fingerprint density at radius 3 is 2.62 bits per heavy atom. The number of thiophene rings is 2. The van der Waals surface area contributed by atoms with E-state index in [4.69, 9.17) is 5.10 Å². The number of thiazole rings is 1. The van der Waals surface area contributed by atoms with Crippen LogP contribution in [0.4, 0.5) is 0 Å². The predicted molar refractivity (Wildman–Crippen MR) is 93.7 cm³/mol. The van der Waals surface area contributed by atoms with E-state index < -0.39 is 0 Å². The van der Waals surface area contributed by atoms with Crippen LogP contribution in [-0.4, -0.2) is 16.9 Å². The van der Waals surface area contributed by atoms with Crippen molar-refractivity contribution in [2.24, 2.45) is 10.1 Å². The Labute approximate surface area is 135 Å². The first kappa shape index (κ1) is 14.4. The molecule has 0 atom stereocenters. The predicted octanol–water partition coefficient (Wildman–Crippen LogP) is 4.53. The third kappa shape index (κ3) is 3.07. The van der Waals surface area contributed by atoms with E-state index in [1.165, 1.54) is 9.75 Å². The zero-order chi connectivity index (χ0) is 14.7. The van der Waals surface area contributed by atoms with Gasteiger partial charge in [0, 0.05) is 11.9 Å². The van der Waals surface area contributed by atoms with Crippen LogP contribution in [0.2, 0.25) is 0 Å². The summed E-state index contributed by atoms with van der Waals surface area (Å²) in [5.41, 5.74) is 2.12. The summed E-state index contributed by atoms with van der Waals surface area (Å²) in [4.78, 5) is 7.90. The van der Waals surface area contributed by atoms with Crippen LogP contribution in [0.3, 0.4) is 0 Å². The Morgan fingerprint density at radius 1 is 1.14 bits per heavy atom. The number of hydrogen-bond donors (Lipinski definition) is 0. The van der Waals surface area contributed by atoms with Gasteiger partial charge in [0.05, 0.1) is 21.2 Å². The molecule has 3 nitrogen and oxygen atoms in total. The highest BCUT2D eigenvalue weighted by Crippen LogP contribution is 2.25. The Kier molecular flexibility index (Phi) is 4.48. The molecular weight excluding hydrogens is 318 g/mol. The maximum atomic E-state index is 4.80. The normalized spacial score (nSPS) is 13.0. The van der Waals surface area contributed by atoms with Gasteiger partial charge in [-0.2, -0.15) is 5.10 Å². The number of aromatic nitrogens is 1. The zero-order valence-corrected chi connectivity index (χ0v) is 14.3. The van der Waals surface area contributed by atoms with Crippen molar-refractivity contribution in [2.75, 3.05) is 6.54 Å². The van der Waals surface area contributed by atoms with Crippen LogP contribution in [0, 0.1) is 0 Å². The SMILES string of the molecule is CCN=c1scc(-c2cccs2)n1N=C(C)c1cccs1. The molecule has 0 aliphatic carbocycles. The summed E-state index contributed by atoms with van der Waals surface area (Å²) < 4.78 is 1.97. The molecule has 3 heterocycles. The first-order valence-corrected chi connectivity index (χ1v) is 9.28. The molecule has 3 rings (SSSR count). The van der Waals surface area contributed by atoms with E-state index in [1.807, 2.05) is 18.5 Å². The molecule has 3 aromatic heterocycles. The Morgan fingerprint density at radius 2 is 1.95 bits per heavy atom. The van der Waals surface area contributed by atoms with Crippen molar-refractivity contribution < 1.29 is 0 Å². The highest BCUT2D eigenvalue weighted by Gasteiger charge is 2.09. The number of rotatable bonds is 4. The van der Waals surface area contributed by atoms with Gasteiger partial charge in [-0.25, -0.2) is 4.68 Å². The minimum atomic E-state index is 0.762. The first-order chi connectivity index (χ1) is 10.3. The Balaban J connectivity index is 2.14. The second-order valence-electron chi connectivity index (χ2n) is 4.33. The fraction of sp³-hybridized carbons (Fsp3) is 0.200. The van der Waals surface area contributed by atoms with E-state index in [0.717, 1.165) is 22.8 Å². The van der Waals surface area contributed by atoms with Crippen molar-refractivity contribution in [1.29, 1.82) is 0 Å². The van der Waals surface area contributed by atoms with E-state index in [1.54, 1.807) is 34.0 Å². The van der Waals surface area contributed by atoms with Gasteiger partial charge in [0.25, 0.3) is 0 Å². The molecule has 0 spiro atoms. The lowest BCUT2D eigenvalue weighted by atomic mass is 10.3. The summed E-state index contributed by atoms with van der Waals surface area (Å²) >= 11 is 5.07. The van der Waals surface area contributed by atoms with Crippen molar-refractivity contribution in [2.45, 2.75) is 13.8 Å². The van der Waals surface area contributed by atoms with Gasteiger partial charge in [-0.05, 0) is 36.7 Å². The zero-order valence-electron chi connectivity index (χ0n) is 11.8. The van der Waals surface area contributed by atoms with Gasteiger partial charge < -0.3 is 0 Å². The maximum Gasteiger partial charge on any atom is 0.206 e. The molecule has 0 aliphatic heterocycles. The third-order valence-corrected chi connectivity index (χ3v) is 5.61. The Hall–Kier alpha value is -1.50. The molecule has 108 valence electrons. The summed E-state index contributed by atoms with van der Waals surface area (Å²) in [6.45, 7) is 4.85. The molecule has 3 aromatic rings. The average molecular weight is 334 g/mol. The van der Waals surface area contributed by atoms with Crippen LogP contribution >= 0.6 is 34.0 Å². The van der Waals surface area contributed by atoms with Crippen LogP contribution in [0.25, 0.3) is 10.6 Å². The molecule has 6 heteroatoms. The maximum absolute atomic E-state index is 4.80. The molecule has 0 fully saturated rings. The van der Waals surface area contributed by atoms with Crippen LogP contribution in [-0.2, 0) is 0 Å². The molecule has 0 saturated heterocycles. The second kappa shape index (κ2) is 6.51. The lowest BCUT2D eigenvalue weighted by Gasteiger charge is -2.03. The molecule has 21 heavy (non-hydrogen) atoms. The smallest absolute Gasteiger partial charge is 0.206 e. The molecule has 0 bridgehead atoms. The highest BCUT2D eigenvalue weighted by atomic mass is 32.1. The molecule has 0 aromatic carbocycles. The van der Waals surface area contributed by atoms with Gasteiger partial charge in [0.1, 0.15) is 0 Å². The van der Waals surface area contributed by atoms with E-state index in [2.05, 4.69) is 45.4 Å². The monoisotopic (exact) mass is 333 g/mol. The van der Waals surface area contributed by atoms with E-state index in [-0.39, 0.29) is 0 Å². The molecule has 0 amide bonds. The fourth-order valence-corrected chi connectivity index (χ4v) is 4.28. The van der Waals surface area contributed by atoms with Gasteiger partial charge in [0.15, 0.2) is 0 Å². The first-order valence-electron chi connectivity index (χ1n) is 6.64. The highest BCUT2D eigenvalue weighted by molar-refractivity contribution is 7.14.